The molecule has 0 saturated heterocycles. The van der Waals surface area contributed by atoms with Gasteiger partial charge in [-0.2, -0.15) is 0 Å². The second-order valence-electron chi connectivity index (χ2n) is 3.31. The molecule has 4 N–H and O–H groups in total. The molecular formula is C13H13NaO5. The van der Waals surface area contributed by atoms with E-state index >= 15 is 0 Å². The zero-order valence-electron chi connectivity index (χ0n) is 9.32. The van der Waals surface area contributed by atoms with E-state index < -0.39 is 5.97 Å². The van der Waals surface area contributed by atoms with Gasteiger partial charge >= 0.3 is 35.5 Å². The van der Waals surface area contributed by atoms with E-state index in [0.29, 0.717) is 0 Å². The summed E-state index contributed by atoms with van der Waals surface area (Å²) in [5, 5.41) is 34.6. The molecule has 0 aliphatic rings. The van der Waals surface area contributed by atoms with Crippen LogP contribution in [0.4, 0.5) is 0 Å². The quantitative estimate of drug-likeness (QED) is 0.466. The molecule has 0 aliphatic heterocycles. The molecule has 0 fully saturated rings. The van der Waals surface area contributed by atoms with Crippen LogP contribution in [0, 0.1) is 0 Å². The zero-order valence-corrected chi connectivity index (χ0v) is 9.32. The average molecular weight is 272 g/mol. The Morgan fingerprint density at radius 2 is 1.11 bits per heavy atom. The van der Waals surface area contributed by atoms with E-state index in [9.17, 15) is 4.79 Å². The van der Waals surface area contributed by atoms with Crippen LogP contribution in [-0.4, -0.2) is 56.0 Å². The number of benzene rings is 2. The number of hydrogen-bond donors (Lipinski definition) is 4. The number of hydrogen-bond acceptors (Lipinski definition) is 4. The maximum absolute atomic E-state index is 10.3. The van der Waals surface area contributed by atoms with Gasteiger partial charge in [0.25, 0.3) is 0 Å². The number of para-hydroxylation sites is 3. The van der Waals surface area contributed by atoms with Crippen molar-refractivity contribution in [2.45, 2.75) is 0 Å². The molecule has 96 valence electrons. The summed E-state index contributed by atoms with van der Waals surface area (Å²) in [6.45, 7) is 0. The van der Waals surface area contributed by atoms with Gasteiger partial charge in [-0.1, -0.05) is 24.3 Å². The fourth-order valence-electron chi connectivity index (χ4n) is 1.12. The number of carboxylic acids is 1. The molecule has 0 spiro atoms. The van der Waals surface area contributed by atoms with Gasteiger partial charge in [-0.3, -0.25) is 0 Å². The summed E-state index contributed by atoms with van der Waals surface area (Å²) in [6.07, 6.45) is 0. The number of aromatic hydroxyl groups is 3. The van der Waals surface area contributed by atoms with E-state index in [1.165, 1.54) is 24.3 Å². The Hall–Kier alpha value is -1.69. The minimum absolute atomic E-state index is 0. The summed E-state index contributed by atoms with van der Waals surface area (Å²) in [5.41, 5.74) is -0.0671. The van der Waals surface area contributed by atoms with Crippen molar-refractivity contribution in [3.05, 3.63) is 54.1 Å². The summed E-state index contributed by atoms with van der Waals surface area (Å²) in [6, 6.07) is 12.0. The average Bonchev–Trinajstić information content (AvgIpc) is 2.34. The number of rotatable bonds is 1. The van der Waals surface area contributed by atoms with Gasteiger partial charge in [-0.05, 0) is 24.3 Å². The molecule has 0 aliphatic carbocycles. The van der Waals surface area contributed by atoms with E-state index in [1.807, 2.05) is 0 Å². The number of aromatic carboxylic acids is 1. The van der Waals surface area contributed by atoms with Crippen LogP contribution in [0.3, 0.4) is 0 Å². The van der Waals surface area contributed by atoms with E-state index in [4.69, 9.17) is 20.4 Å². The Morgan fingerprint density at radius 3 is 1.37 bits per heavy atom. The molecule has 0 bridgehead atoms. The second-order valence-corrected chi connectivity index (χ2v) is 3.31. The molecule has 2 rings (SSSR count). The van der Waals surface area contributed by atoms with Crippen molar-refractivity contribution in [2.75, 3.05) is 0 Å². The molecule has 2 aromatic rings. The van der Waals surface area contributed by atoms with E-state index in [2.05, 4.69) is 0 Å². The van der Waals surface area contributed by atoms with Crippen molar-refractivity contribution in [1.82, 2.24) is 0 Å². The van der Waals surface area contributed by atoms with E-state index in [-0.39, 0.29) is 52.4 Å². The summed E-state index contributed by atoms with van der Waals surface area (Å²) >= 11 is 0. The first kappa shape index (κ1) is 17.3. The molecule has 0 atom stereocenters. The third-order valence-electron chi connectivity index (χ3n) is 2.02. The molecule has 0 radical (unpaired) electrons. The fourth-order valence-corrected chi connectivity index (χ4v) is 1.12. The minimum atomic E-state index is -1.11. The normalized spacial score (nSPS) is 8.63. The Bertz CT molecular complexity index is 521. The topological polar surface area (TPSA) is 98.0 Å². The third-order valence-corrected chi connectivity index (χ3v) is 2.02. The molecule has 5 nitrogen and oxygen atoms in total. The van der Waals surface area contributed by atoms with Crippen LogP contribution < -0.4 is 0 Å². The molecule has 19 heavy (non-hydrogen) atoms. The molecule has 0 amide bonds. The zero-order chi connectivity index (χ0) is 13.5. The first-order valence-electron chi connectivity index (χ1n) is 5.00. The molecule has 0 heterocycles. The summed E-state index contributed by atoms with van der Waals surface area (Å²) < 4.78 is 0. The van der Waals surface area contributed by atoms with Gasteiger partial charge in [0.2, 0.25) is 0 Å². The van der Waals surface area contributed by atoms with Crippen LogP contribution in [-0.2, 0) is 0 Å². The first-order chi connectivity index (χ1) is 8.52. The fraction of sp³-hybridized carbons (Fsp3) is 0. The predicted molar refractivity (Wildman–Crippen MR) is 72.0 cm³/mol. The SMILES string of the molecule is O=C(O)c1ccccc1O.Oc1ccccc1O.[NaH]. The number of phenols is 3. The molecule has 0 saturated carbocycles. The van der Waals surface area contributed by atoms with Crippen molar-refractivity contribution in [3.63, 3.8) is 0 Å². The molecular weight excluding hydrogens is 259 g/mol. The molecule has 2 aromatic carbocycles. The van der Waals surface area contributed by atoms with Crippen molar-refractivity contribution in [2.24, 2.45) is 0 Å². The molecule has 0 aromatic heterocycles. The monoisotopic (exact) mass is 272 g/mol. The van der Waals surface area contributed by atoms with E-state index in [0.717, 1.165) is 0 Å². The first-order valence-corrected chi connectivity index (χ1v) is 5.00. The van der Waals surface area contributed by atoms with E-state index in [1.54, 1.807) is 24.3 Å². The Balaban J connectivity index is 0.000000331. The Labute approximate surface area is 132 Å². The summed E-state index contributed by atoms with van der Waals surface area (Å²) in [7, 11) is 0. The van der Waals surface area contributed by atoms with Gasteiger partial charge in [0.15, 0.2) is 11.5 Å². The van der Waals surface area contributed by atoms with Crippen molar-refractivity contribution >= 4 is 35.5 Å². The van der Waals surface area contributed by atoms with Gasteiger partial charge in [-0.25, -0.2) is 4.79 Å². The Kier molecular flexibility index (Phi) is 7.67. The summed E-state index contributed by atoms with van der Waals surface area (Å²) in [4.78, 5) is 10.3. The third kappa shape index (κ3) is 5.65. The molecule has 0 unspecified atom stereocenters. The van der Waals surface area contributed by atoms with Crippen LogP contribution in [0.5, 0.6) is 17.2 Å². The van der Waals surface area contributed by atoms with Gasteiger partial charge in [0.1, 0.15) is 11.3 Å². The van der Waals surface area contributed by atoms with Crippen molar-refractivity contribution in [3.8, 4) is 17.2 Å². The summed E-state index contributed by atoms with van der Waals surface area (Å²) in [5.74, 6) is -1.46. The molecule has 6 heteroatoms. The van der Waals surface area contributed by atoms with Gasteiger partial charge in [0, 0.05) is 0 Å². The number of carbonyl (C=O) groups is 1. The van der Waals surface area contributed by atoms with Crippen LogP contribution >= 0.6 is 0 Å². The Morgan fingerprint density at radius 1 is 0.737 bits per heavy atom. The van der Waals surface area contributed by atoms with Crippen LogP contribution in [0.15, 0.2) is 48.5 Å². The number of carboxylic acid groups (broad SMARTS) is 1. The van der Waals surface area contributed by atoms with Crippen molar-refractivity contribution in [1.29, 1.82) is 0 Å². The number of phenolic OH excluding ortho intramolecular Hbond substituents is 2. The van der Waals surface area contributed by atoms with Gasteiger partial charge < -0.3 is 20.4 Å². The second kappa shape index (κ2) is 8.42. The van der Waals surface area contributed by atoms with Gasteiger partial charge in [-0.15, -0.1) is 0 Å². The van der Waals surface area contributed by atoms with Crippen LogP contribution in [0.2, 0.25) is 0 Å². The predicted octanol–water partition coefficient (Wildman–Crippen LogP) is 1.54. The standard InChI is InChI=1S/C7H6O3.C6H6O2.Na.H/c8-6-4-2-1-3-5(6)7(9)10;7-5-3-1-2-4-6(5)8;;/h1-4,8H,(H,9,10);1-4,7-8H;;. The van der Waals surface area contributed by atoms with Crippen LogP contribution in [0.1, 0.15) is 10.4 Å². The van der Waals surface area contributed by atoms with Gasteiger partial charge in [0.05, 0.1) is 0 Å². The maximum atomic E-state index is 10.3. The van der Waals surface area contributed by atoms with Crippen molar-refractivity contribution < 1.29 is 25.2 Å². The van der Waals surface area contributed by atoms with Crippen LogP contribution in [0.25, 0.3) is 0 Å².